The van der Waals surface area contributed by atoms with Crippen molar-refractivity contribution in [1.82, 2.24) is 0 Å². The Hall–Kier alpha value is -6.58. The van der Waals surface area contributed by atoms with Crippen LogP contribution in [0.2, 0.25) is 10.0 Å². The van der Waals surface area contributed by atoms with Gasteiger partial charge in [-0.3, -0.25) is 9.59 Å². The molecule has 0 radical (unpaired) electrons. The van der Waals surface area contributed by atoms with Crippen LogP contribution in [0.15, 0.2) is 130 Å². The molecule has 6 aromatic carbocycles. The third kappa shape index (κ3) is 6.97. The zero-order valence-corrected chi connectivity index (χ0v) is 42.3. The first-order valence-electron chi connectivity index (χ1n) is 21.8. The van der Waals surface area contributed by atoms with E-state index in [1.807, 2.05) is 13.8 Å². The van der Waals surface area contributed by atoms with Crippen LogP contribution in [-0.4, -0.2) is 66.3 Å². The molecule has 4 atom stereocenters. The van der Waals surface area contributed by atoms with Gasteiger partial charge in [0.05, 0.1) is 49.4 Å². The number of fused-ring (bicyclic) bond motifs is 8. The number of aryl methyl sites for hydroxylation is 2. The maximum absolute atomic E-state index is 14.4. The number of halogens is 2. The van der Waals surface area contributed by atoms with Crippen LogP contribution >= 0.6 is 23.2 Å². The van der Waals surface area contributed by atoms with E-state index in [1.165, 1.54) is 64.8 Å². The fourth-order valence-electron chi connectivity index (χ4n) is 10.1. The summed E-state index contributed by atoms with van der Waals surface area (Å²) in [6.45, 7) is 7.01. The van der Waals surface area contributed by atoms with Crippen molar-refractivity contribution in [3.8, 4) is 34.5 Å². The minimum absolute atomic E-state index is 0.0344. The van der Waals surface area contributed by atoms with Gasteiger partial charge in [0, 0.05) is 32.3 Å². The highest BCUT2D eigenvalue weighted by Crippen LogP contribution is 2.59. The Balaban J connectivity index is 0.000000174. The third-order valence-electron chi connectivity index (χ3n) is 13.5. The molecule has 2 aliphatic carbocycles. The van der Waals surface area contributed by atoms with E-state index < -0.39 is 52.9 Å². The van der Waals surface area contributed by atoms with E-state index in [2.05, 4.69) is 0 Å². The van der Waals surface area contributed by atoms with E-state index in [1.54, 1.807) is 98.8 Å². The zero-order valence-electron chi connectivity index (χ0n) is 39.2. The van der Waals surface area contributed by atoms with Crippen molar-refractivity contribution >= 4 is 66.6 Å². The maximum atomic E-state index is 14.4. The van der Waals surface area contributed by atoms with Crippen LogP contribution < -0.4 is 28.4 Å². The molecule has 360 valence electrons. The van der Waals surface area contributed by atoms with Gasteiger partial charge in [0.15, 0.2) is 66.4 Å². The summed E-state index contributed by atoms with van der Waals surface area (Å²) in [6.07, 6.45) is 1.04. The van der Waals surface area contributed by atoms with Gasteiger partial charge in [-0.2, -0.15) is 0 Å². The van der Waals surface area contributed by atoms with Gasteiger partial charge >= 0.3 is 0 Å². The van der Waals surface area contributed by atoms with Crippen LogP contribution in [0, 0.1) is 13.8 Å². The Morgan fingerprint density at radius 3 is 1.17 bits per heavy atom. The molecular formula is C54H46Cl2O12S2. The molecule has 2 aliphatic heterocycles. The number of hydrogen-bond acceptors (Lipinski definition) is 12. The van der Waals surface area contributed by atoms with E-state index in [-0.39, 0.29) is 32.4 Å². The standard InChI is InChI=1S/2C27H23ClO6S/c2*1-15-5-8-18(9-6-15)35(30,31)27-16(2)13-20-19(10-12-23(32-3)24(20)33-4)26(27)34-22-11-7-17(28)14-21(22)25(27)29/h2*5-14,26H,1-4H3/t2*26-,27+/m10/s1. The molecule has 0 bridgehead atoms. The second kappa shape index (κ2) is 17.7. The summed E-state index contributed by atoms with van der Waals surface area (Å²) in [4.78, 5) is 28.7. The lowest BCUT2D eigenvalue weighted by Crippen LogP contribution is -2.57. The Morgan fingerprint density at radius 2 is 0.843 bits per heavy atom. The molecule has 0 saturated carbocycles. The van der Waals surface area contributed by atoms with Crippen molar-refractivity contribution in [1.29, 1.82) is 0 Å². The van der Waals surface area contributed by atoms with E-state index >= 15 is 0 Å². The fourth-order valence-corrected chi connectivity index (χ4v) is 14.7. The monoisotopic (exact) mass is 1020 g/mol. The lowest BCUT2D eigenvalue weighted by molar-refractivity contribution is 0.0751. The number of carbonyl (C=O) groups is 2. The Labute approximate surface area is 416 Å². The molecule has 6 aromatic rings. The van der Waals surface area contributed by atoms with Crippen LogP contribution in [0.4, 0.5) is 0 Å². The summed E-state index contributed by atoms with van der Waals surface area (Å²) < 4.78 is 88.5. The maximum Gasteiger partial charge on any atom is 0.201 e. The van der Waals surface area contributed by atoms with Gasteiger partial charge in [0.25, 0.3) is 0 Å². The highest BCUT2D eigenvalue weighted by molar-refractivity contribution is 7.94. The van der Waals surface area contributed by atoms with Gasteiger partial charge in [-0.1, -0.05) is 70.7 Å². The third-order valence-corrected chi connectivity index (χ3v) is 18.9. The number of methoxy groups -OCH3 is 4. The number of carbonyl (C=O) groups excluding carboxylic acids is 2. The van der Waals surface area contributed by atoms with E-state index in [9.17, 15) is 26.4 Å². The van der Waals surface area contributed by atoms with E-state index in [4.69, 9.17) is 51.6 Å². The van der Waals surface area contributed by atoms with Gasteiger partial charge in [-0.25, -0.2) is 16.8 Å². The molecule has 12 nitrogen and oxygen atoms in total. The SMILES string of the molecule is COc1ccc2c(c1OC)C=C(C)[C@@]1(S(=O)(=O)c3ccc(C)cc3)C(=O)c3cc(Cl)ccc3O[C@@H]21.COc1ccc2c(c1OC)C=C(C)[C@]1(S(=O)(=O)c3ccc(C)cc3)C(=O)c3cc(Cl)ccc3O[C@H]21. The van der Waals surface area contributed by atoms with Crippen LogP contribution in [0.3, 0.4) is 0 Å². The number of hydrogen-bond donors (Lipinski definition) is 0. The molecule has 70 heavy (non-hydrogen) atoms. The van der Waals surface area contributed by atoms with Crippen molar-refractivity contribution in [2.24, 2.45) is 0 Å². The molecule has 2 heterocycles. The van der Waals surface area contributed by atoms with Crippen LogP contribution in [0.25, 0.3) is 12.2 Å². The first kappa shape index (κ1) is 48.4. The largest absolute Gasteiger partial charge is 0.493 e. The lowest BCUT2D eigenvalue weighted by Gasteiger charge is -2.46. The molecule has 0 amide bonds. The summed E-state index contributed by atoms with van der Waals surface area (Å²) in [5, 5.41) is 0.623. The molecule has 0 fully saturated rings. The topological polar surface area (TPSA) is 158 Å². The summed E-state index contributed by atoms with van der Waals surface area (Å²) in [6, 6.07) is 29.0. The minimum Gasteiger partial charge on any atom is -0.493 e. The second-order valence-corrected chi connectivity index (χ2v) is 22.4. The van der Waals surface area contributed by atoms with Crippen molar-refractivity contribution < 1.29 is 54.8 Å². The molecule has 16 heteroatoms. The number of Topliss-reactive ketones (excluding diaryl/α,β-unsaturated/α-hetero) is 2. The molecular weight excluding hydrogens is 976 g/mol. The number of benzene rings is 6. The minimum atomic E-state index is -4.29. The van der Waals surface area contributed by atoms with Crippen molar-refractivity contribution in [2.75, 3.05) is 28.4 Å². The average molecular weight is 1020 g/mol. The summed E-state index contributed by atoms with van der Waals surface area (Å²) in [7, 11) is -2.51. The Bertz CT molecular complexity index is 3250. The fraction of sp³-hybridized carbons (Fsp3) is 0.222. The number of ketones is 2. The zero-order chi connectivity index (χ0) is 50.2. The average Bonchev–Trinajstić information content (AvgIpc) is 3.34. The molecule has 4 aliphatic rings. The Kier molecular flexibility index (Phi) is 12.2. The van der Waals surface area contributed by atoms with E-state index in [0.717, 1.165) is 11.1 Å². The van der Waals surface area contributed by atoms with Crippen LogP contribution in [0.1, 0.15) is 80.2 Å². The molecule has 0 unspecified atom stereocenters. The molecule has 0 aromatic heterocycles. The molecule has 0 spiro atoms. The highest BCUT2D eigenvalue weighted by atomic mass is 35.5. The van der Waals surface area contributed by atoms with Gasteiger partial charge in [0.2, 0.25) is 9.49 Å². The molecule has 10 rings (SSSR count). The van der Waals surface area contributed by atoms with Crippen LogP contribution in [-0.2, 0) is 19.7 Å². The van der Waals surface area contributed by atoms with Gasteiger partial charge < -0.3 is 28.4 Å². The smallest absolute Gasteiger partial charge is 0.201 e. The number of sulfone groups is 2. The van der Waals surface area contributed by atoms with Crippen molar-refractivity contribution in [2.45, 2.75) is 59.2 Å². The van der Waals surface area contributed by atoms with Crippen LogP contribution in [0.5, 0.6) is 34.5 Å². The first-order chi connectivity index (χ1) is 33.3. The molecule has 0 N–H and O–H groups in total. The van der Waals surface area contributed by atoms with Gasteiger partial charge in [-0.05, 0) is 124 Å². The van der Waals surface area contributed by atoms with E-state index in [0.29, 0.717) is 66.4 Å². The Morgan fingerprint density at radius 1 is 0.486 bits per heavy atom. The van der Waals surface area contributed by atoms with Gasteiger partial charge in [-0.15, -0.1) is 0 Å². The normalized spacial score (nSPS) is 20.7. The highest BCUT2D eigenvalue weighted by Gasteiger charge is 2.66. The summed E-state index contributed by atoms with van der Waals surface area (Å²) in [5.41, 5.74) is 4.93. The van der Waals surface area contributed by atoms with Crippen molar-refractivity contribution in [3.63, 3.8) is 0 Å². The van der Waals surface area contributed by atoms with Crippen molar-refractivity contribution in [3.05, 3.63) is 175 Å². The number of ether oxygens (including phenoxy) is 6. The predicted octanol–water partition coefficient (Wildman–Crippen LogP) is 11.2. The predicted molar refractivity (Wildman–Crippen MR) is 267 cm³/mol. The summed E-state index contributed by atoms with van der Waals surface area (Å²) in [5.74, 6) is 1.22. The second-order valence-electron chi connectivity index (χ2n) is 17.3. The van der Waals surface area contributed by atoms with Gasteiger partial charge in [0.1, 0.15) is 11.5 Å². The molecule has 0 saturated heterocycles. The lowest BCUT2D eigenvalue weighted by atomic mass is 9.74. The first-order valence-corrected chi connectivity index (χ1v) is 25.6. The quantitative estimate of drug-likeness (QED) is 0.142. The summed E-state index contributed by atoms with van der Waals surface area (Å²) >= 11 is 12.4. The number of rotatable bonds is 8.